The molecule has 0 spiro atoms. The Morgan fingerprint density at radius 3 is 2.52 bits per heavy atom. The van der Waals surface area contributed by atoms with Crippen LogP contribution in [-0.2, 0) is 22.5 Å². The van der Waals surface area contributed by atoms with Crippen molar-refractivity contribution < 1.29 is 23.8 Å². The quantitative estimate of drug-likeness (QED) is 0.502. The van der Waals surface area contributed by atoms with Crippen molar-refractivity contribution in [1.29, 1.82) is 0 Å². The van der Waals surface area contributed by atoms with Gasteiger partial charge in [-0.3, -0.25) is 4.79 Å². The van der Waals surface area contributed by atoms with E-state index in [2.05, 4.69) is 0 Å². The number of halogens is 1. The van der Waals surface area contributed by atoms with Crippen LogP contribution in [0.4, 0.5) is 4.39 Å². The lowest BCUT2D eigenvalue weighted by Gasteiger charge is -2.27. The number of rotatable bonds is 5. The van der Waals surface area contributed by atoms with Crippen molar-refractivity contribution in [3.05, 3.63) is 83.3 Å². The first-order valence-electron chi connectivity index (χ1n) is 10.9. The number of ether oxygens (including phenoxy) is 1. The summed E-state index contributed by atoms with van der Waals surface area (Å²) in [6, 6.07) is 18.0. The number of fused-ring (bicyclic) bond motifs is 2. The molecule has 1 fully saturated rings. The Morgan fingerprint density at radius 2 is 1.73 bits per heavy atom. The van der Waals surface area contributed by atoms with E-state index in [-0.39, 0.29) is 24.6 Å². The molecule has 1 aliphatic heterocycles. The van der Waals surface area contributed by atoms with Gasteiger partial charge in [0.05, 0.1) is 19.6 Å². The molecule has 33 heavy (non-hydrogen) atoms. The highest BCUT2D eigenvalue weighted by atomic mass is 19.1. The Hall–Kier alpha value is -3.71. The van der Waals surface area contributed by atoms with Crippen LogP contribution in [0.15, 0.2) is 60.7 Å². The summed E-state index contributed by atoms with van der Waals surface area (Å²) in [6.45, 7) is 2.12. The minimum Gasteiger partial charge on any atom is -0.477 e. The Bertz CT molecular complexity index is 1370. The Balaban J connectivity index is 1.64. The highest BCUT2D eigenvalue weighted by molar-refractivity contribution is 6.01. The van der Waals surface area contributed by atoms with Gasteiger partial charge < -0.3 is 19.3 Å². The molecule has 0 unspecified atom stereocenters. The maximum Gasteiger partial charge on any atom is 0.352 e. The third-order valence-electron chi connectivity index (χ3n) is 6.23. The first-order valence-corrected chi connectivity index (χ1v) is 10.9. The summed E-state index contributed by atoms with van der Waals surface area (Å²) in [6.07, 6.45) is -0.107. The van der Waals surface area contributed by atoms with Crippen LogP contribution in [0.1, 0.15) is 21.6 Å². The Kier molecular flexibility index (Phi) is 5.56. The van der Waals surface area contributed by atoms with Gasteiger partial charge in [-0.15, -0.1) is 0 Å². The first-order chi connectivity index (χ1) is 16.0. The van der Waals surface area contributed by atoms with Gasteiger partial charge in [-0.05, 0) is 34.5 Å². The van der Waals surface area contributed by atoms with Gasteiger partial charge in [0.2, 0.25) is 5.91 Å². The lowest BCUT2D eigenvalue weighted by Crippen LogP contribution is -2.41. The predicted octanol–water partition coefficient (Wildman–Crippen LogP) is 4.08. The average molecular weight is 446 g/mol. The minimum atomic E-state index is -1.14. The van der Waals surface area contributed by atoms with Crippen LogP contribution in [0.25, 0.3) is 21.7 Å². The van der Waals surface area contributed by atoms with Crippen molar-refractivity contribution in [1.82, 2.24) is 9.47 Å². The normalized spacial score (nSPS) is 14.2. The lowest BCUT2D eigenvalue weighted by atomic mass is 10.0. The molecule has 2 heterocycles. The van der Waals surface area contributed by atoms with Gasteiger partial charge in [-0.25, -0.2) is 9.18 Å². The summed E-state index contributed by atoms with van der Waals surface area (Å²) in [4.78, 5) is 27.1. The molecule has 6 nitrogen and oxygen atoms in total. The van der Waals surface area contributed by atoms with Gasteiger partial charge in [-0.1, -0.05) is 42.5 Å². The summed E-state index contributed by atoms with van der Waals surface area (Å²) < 4.78 is 21.2. The first kappa shape index (κ1) is 21.2. The monoisotopic (exact) mass is 446 g/mol. The lowest BCUT2D eigenvalue weighted by molar-refractivity contribution is -0.134. The maximum atomic E-state index is 14.2. The molecule has 1 amide bonds. The van der Waals surface area contributed by atoms with E-state index in [1.165, 1.54) is 12.1 Å². The smallest absolute Gasteiger partial charge is 0.352 e. The molecule has 1 N–H and O–H groups in total. The van der Waals surface area contributed by atoms with Gasteiger partial charge in [-0.2, -0.15) is 0 Å². The molecule has 1 saturated heterocycles. The molecule has 3 aromatic carbocycles. The number of hydrogen-bond acceptors (Lipinski definition) is 3. The minimum absolute atomic E-state index is 0.0187. The van der Waals surface area contributed by atoms with E-state index in [4.69, 9.17) is 4.74 Å². The van der Waals surface area contributed by atoms with E-state index in [1.807, 2.05) is 42.5 Å². The molecule has 0 aliphatic carbocycles. The van der Waals surface area contributed by atoms with Crippen molar-refractivity contribution in [2.45, 2.75) is 13.0 Å². The third kappa shape index (κ3) is 3.96. The highest BCUT2D eigenvalue weighted by Gasteiger charge is 2.27. The van der Waals surface area contributed by atoms with Crippen LogP contribution in [0.3, 0.4) is 0 Å². The number of nitrogens with zero attached hydrogens (tertiary/aromatic N) is 2. The average Bonchev–Trinajstić information content (AvgIpc) is 3.12. The second-order valence-electron chi connectivity index (χ2n) is 8.19. The van der Waals surface area contributed by atoms with E-state index < -0.39 is 11.8 Å². The van der Waals surface area contributed by atoms with Gasteiger partial charge in [0, 0.05) is 36.1 Å². The van der Waals surface area contributed by atoms with Crippen LogP contribution in [-0.4, -0.2) is 52.8 Å². The number of carbonyl (C=O) groups is 2. The largest absolute Gasteiger partial charge is 0.477 e. The predicted molar refractivity (Wildman–Crippen MR) is 123 cm³/mol. The van der Waals surface area contributed by atoms with Crippen molar-refractivity contribution in [2.75, 3.05) is 26.3 Å². The molecular weight excluding hydrogens is 423 g/mol. The molecular formula is C26H23FN2O4. The van der Waals surface area contributed by atoms with Gasteiger partial charge in [0.25, 0.3) is 0 Å². The molecule has 168 valence electrons. The molecule has 0 atom stereocenters. The zero-order chi connectivity index (χ0) is 22.9. The standard InChI is InChI=1S/C26H23FN2O4/c27-19-8-9-23-21(14-19)22(15-24(30)28-10-12-33-13-11-28)25(26(31)32)29(23)16-18-6-3-5-17-4-1-2-7-20(17)18/h1-9,14H,10-13,15-16H2,(H,31,32). The van der Waals surface area contributed by atoms with Gasteiger partial charge in [0.1, 0.15) is 11.5 Å². The number of carboxylic acid groups (broad SMARTS) is 1. The number of aromatic carboxylic acids is 1. The highest BCUT2D eigenvalue weighted by Crippen LogP contribution is 2.30. The van der Waals surface area contributed by atoms with Crippen LogP contribution in [0, 0.1) is 5.82 Å². The number of aromatic nitrogens is 1. The summed E-state index contributed by atoms with van der Waals surface area (Å²) in [5.74, 6) is -1.80. The molecule has 4 aromatic rings. The molecule has 1 aliphatic rings. The zero-order valence-electron chi connectivity index (χ0n) is 18.0. The van der Waals surface area contributed by atoms with Gasteiger partial charge >= 0.3 is 5.97 Å². The Labute approximate surface area is 189 Å². The molecule has 5 rings (SSSR count). The van der Waals surface area contributed by atoms with Gasteiger partial charge in [0.15, 0.2) is 0 Å². The summed E-state index contributed by atoms with van der Waals surface area (Å²) >= 11 is 0. The zero-order valence-corrected chi connectivity index (χ0v) is 18.0. The van der Waals surface area contributed by atoms with Crippen LogP contribution < -0.4 is 0 Å². The van der Waals surface area contributed by atoms with Crippen LogP contribution >= 0.6 is 0 Å². The van der Waals surface area contributed by atoms with E-state index in [0.717, 1.165) is 16.3 Å². The molecule has 0 radical (unpaired) electrons. The van der Waals surface area contributed by atoms with Crippen molar-refractivity contribution >= 4 is 33.6 Å². The fourth-order valence-electron chi connectivity index (χ4n) is 4.66. The Morgan fingerprint density at radius 1 is 0.970 bits per heavy atom. The number of amides is 1. The number of morpholine rings is 1. The van der Waals surface area contributed by atoms with E-state index >= 15 is 0 Å². The molecule has 7 heteroatoms. The van der Waals surface area contributed by atoms with Crippen molar-refractivity contribution in [3.8, 4) is 0 Å². The molecule has 1 aromatic heterocycles. The van der Waals surface area contributed by atoms with E-state index in [9.17, 15) is 19.1 Å². The van der Waals surface area contributed by atoms with Crippen molar-refractivity contribution in [3.63, 3.8) is 0 Å². The fourth-order valence-corrected chi connectivity index (χ4v) is 4.66. The van der Waals surface area contributed by atoms with E-state index in [0.29, 0.717) is 42.8 Å². The van der Waals surface area contributed by atoms with Crippen LogP contribution in [0.2, 0.25) is 0 Å². The summed E-state index contributed by atoms with van der Waals surface area (Å²) in [5.41, 5.74) is 1.90. The molecule has 0 saturated carbocycles. The summed E-state index contributed by atoms with van der Waals surface area (Å²) in [7, 11) is 0. The van der Waals surface area contributed by atoms with Crippen molar-refractivity contribution in [2.24, 2.45) is 0 Å². The topological polar surface area (TPSA) is 71.8 Å². The SMILES string of the molecule is O=C(O)c1c(CC(=O)N2CCOCC2)c2cc(F)ccc2n1Cc1cccc2ccccc12. The fraction of sp³-hybridized carbons (Fsp3) is 0.231. The number of carboxylic acids is 1. The number of benzene rings is 3. The number of hydrogen-bond donors (Lipinski definition) is 1. The number of carbonyl (C=O) groups excluding carboxylic acids is 1. The second kappa shape index (κ2) is 8.67. The third-order valence-corrected chi connectivity index (χ3v) is 6.23. The summed E-state index contributed by atoms with van der Waals surface area (Å²) in [5, 5.41) is 12.7. The maximum absolute atomic E-state index is 14.2. The molecule has 0 bridgehead atoms. The van der Waals surface area contributed by atoms with Crippen LogP contribution in [0.5, 0.6) is 0 Å². The second-order valence-corrected chi connectivity index (χ2v) is 8.19. The van der Waals surface area contributed by atoms with E-state index in [1.54, 1.807) is 15.5 Å².